The van der Waals surface area contributed by atoms with Gasteiger partial charge in [-0.1, -0.05) is 6.42 Å². The maximum Gasteiger partial charge on any atom is 0.279 e. The van der Waals surface area contributed by atoms with E-state index >= 15 is 0 Å². The fourth-order valence-electron chi connectivity index (χ4n) is 2.39. The summed E-state index contributed by atoms with van der Waals surface area (Å²) in [5.41, 5.74) is 0. The molecule has 1 aliphatic carbocycles. The zero-order valence-electron chi connectivity index (χ0n) is 9.59. The predicted molar refractivity (Wildman–Crippen MR) is 61.1 cm³/mol. The Morgan fingerprint density at radius 3 is 2.56 bits per heavy atom. The van der Waals surface area contributed by atoms with Crippen LogP contribution >= 0.6 is 0 Å². The van der Waals surface area contributed by atoms with Crippen molar-refractivity contribution in [3.8, 4) is 0 Å². The van der Waals surface area contributed by atoms with E-state index in [4.69, 9.17) is 5.11 Å². The van der Waals surface area contributed by atoms with E-state index in [9.17, 15) is 8.42 Å². The SMILES string of the molecule is CC1CCCCN1S(=O)(=O)NC1CC(O)C1. The molecule has 0 spiro atoms. The van der Waals surface area contributed by atoms with Crippen molar-refractivity contribution in [3.63, 3.8) is 0 Å². The number of aliphatic hydroxyl groups is 1. The van der Waals surface area contributed by atoms with Crippen LogP contribution in [0.1, 0.15) is 39.0 Å². The molecule has 2 N–H and O–H groups in total. The quantitative estimate of drug-likeness (QED) is 0.750. The number of rotatable bonds is 3. The van der Waals surface area contributed by atoms with Crippen LogP contribution in [-0.2, 0) is 10.2 Å². The molecule has 5 nitrogen and oxygen atoms in total. The summed E-state index contributed by atoms with van der Waals surface area (Å²) in [6.07, 6.45) is 3.75. The van der Waals surface area contributed by atoms with Gasteiger partial charge in [-0.25, -0.2) is 0 Å². The highest BCUT2D eigenvalue weighted by atomic mass is 32.2. The Labute approximate surface area is 97.0 Å². The molecule has 1 heterocycles. The van der Waals surface area contributed by atoms with Gasteiger partial charge in [0.15, 0.2) is 0 Å². The highest BCUT2D eigenvalue weighted by molar-refractivity contribution is 7.87. The molecule has 16 heavy (non-hydrogen) atoms. The minimum absolute atomic E-state index is 0.0749. The van der Waals surface area contributed by atoms with Crippen molar-refractivity contribution < 1.29 is 13.5 Å². The normalized spacial score (nSPS) is 37.0. The molecule has 1 atom stereocenters. The number of hydrogen-bond donors (Lipinski definition) is 2. The van der Waals surface area contributed by atoms with E-state index in [0.717, 1.165) is 19.3 Å². The molecule has 6 heteroatoms. The molecular weight excluding hydrogens is 228 g/mol. The number of nitrogens with one attached hydrogen (secondary N) is 1. The molecule has 2 rings (SSSR count). The summed E-state index contributed by atoms with van der Waals surface area (Å²) < 4.78 is 28.3. The Morgan fingerprint density at radius 2 is 2.00 bits per heavy atom. The fourth-order valence-corrected chi connectivity index (χ4v) is 4.09. The van der Waals surface area contributed by atoms with Crippen LogP contribution in [0, 0.1) is 0 Å². The van der Waals surface area contributed by atoms with Crippen LogP contribution in [0.3, 0.4) is 0 Å². The lowest BCUT2D eigenvalue weighted by Crippen LogP contribution is -2.54. The Balaban J connectivity index is 1.95. The van der Waals surface area contributed by atoms with Crippen molar-refractivity contribution >= 4 is 10.2 Å². The third-order valence-electron chi connectivity index (χ3n) is 3.48. The van der Waals surface area contributed by atoms with E-state index in [-0.39, 0.29) is 18.2 Å². The van der Waals surface area contributed by atoms with Gasteiger partial charge in [-0.05, 0) is 32.6 Å². The maximum atomic E-state index is 12.0. The minimum Gasteiger partial charge on any atom is -0.393 e. The lowest BCUT2D eigenvalue weighted by Gasteiger charge is -2.37. The van der Waals surface area contributed by atoms with Gasteiger partial charge < -0.3 is 5.11 Å². The first kappa shape index (κ1) is 12.3. The summed E-state index contributed by atoms with van der Waals surface area (Å²) in [5, 5.41) is 9.13. The molecule has 1 unspecified atom stereocenters. The second-order valence-electron chi connectivity index (χ2n) is 4.90. The third-order valence-corrected chi connectivity index (χ3v) is 5.27. The molecule has 0 bridgehead atoms. The van der Waals surface area contributed by atoms with Crippen LogP contribution in [0.2, 0.25) is 0 Å². The van der Waals surface area contributed by atoms with Crippen LogP contribution in [-0.4, -0.2) is 42.6 Å². The molecule has 0 aromatic rings. The summed E-state index contributed by atoms with van der Waals surface area (Å²) in [6.45, 7) is 2.57. The van der Waals surface area contributed by atoms with Gasteiger partial charge in [0.05, 0.1) is 6.10 Å². The zero-order valence-corrected chi connectivity index (χ0v) is 10.4. The molecule has 0 aromatic carbocycles. The molecule has 94 valence electrons. The van der Waals surface area contributed by atoms with Crippen molar-refractivity contribution in [3.05, 3.63) is 0 Å². The molecule has 0 aromatic heterocycles. The summed E-state index contributed by atoms with van der Waals surface area (Å²) in [4.78, 5) is 0. The number of aliphatic hydroxyl groups excluding tert-OH is 1. The van der Waals surface area contributed by atoms with E-state index in [1.54, 1.807) is 4.31 Å². The zero-order chi connectivity index (χ0) is 11.8. The molecular formula is C10H20N2O3S. The first-order valence-electron chi connectivity index (χ1n) is 5.96. The number of hydrogen-bond acceptors (Lipinski definition) is 3. The van der Waals surface area contributed by atoms with Gasteiger partial charge in [0.1, 0.15) is 0 Å². The highest BCUT2D eigenvalue weighted by Gasteiger charge is 2.35. The summed E-state index contributed by atoms with van der Waals surface area (Å²) in [5.74, 6) is 0. The van der Waals surface area contributed by atoms with Crippen molar-refractivity contribution in [1.82, 2.24) is 9.03 Å². The third kappa shape index (κ3) is 2.56. The average molecular weight is 248 g/mol. The lowest BCUT2D eigenvalue weighted by atomic mass is 9.91. The van der Waals surface area contributed by atoms with E-state index in [1.807, 2.05) is 6.92 Å². The van der Waals surface area contributed by atoms with Crippen molar-refractivity contribution in [2.45, 2.75) is 57.2 Å². The van der Waals surface area contributed by atoms with Crippen molar-refractivity contribution in [1.29, 1.82) is 0 Å². The standard InChI is InChI=1S/C10H20N2O3S/c1-8-4-2-3-5-12(8)16(14,15)11-9-6-10(13)7-9/h8-11,13H,2-7H2,1H3. The first-order valence-corrected chi connectivity index (χ1v) is 7.40. The number of piperidine rings is 1. The average Bonchev–Trinajstić information content (AvgIpc) is 2.15. The van der Waals surface area contributed by atoms with Gasteiger partial charge >= 0.3 is 0 Å². The van der Waals surface area contributed by atoms with Gasteiger partial charge in [0, 0.05) is 18.6 Å². The highest BCUT2D eigenvalue weighted by Crippen LogP contribution is 2.23. The molecule has 2 fully saturated rings. The molecule has 1 saturated carbocycles. The van der Waals surface area contributed by atoms with Crippen LogP contribution in [0.4, 0.5) is 0 Å². The number of nitrogens with zero attached hydrogens (tertiary/aromatic N) is 1. The molecule has 0 amide bonds. The minimum atomic E-state index is -3.34. The molecule has 2 aliphatic rings. The van der Waals surface area contributed by atoms with Crippen molar-refractivity contribution in [2.75, 3.05) is 6.54 Å². The second-order valence-corrected chi connectivity index (χ2v) is 6.56. The van der Waals surface area contributed by atoms with Crippen LogP contribution in [0.15, 0.2) is 0 Å². The van der Waals surface area contributed by atoms with Crippen LogP contribution in [0.5, 0.6) is 0 Å². The van der Waals surface area contributed by atoms with E-state index in [1.165, 1.54) is 0 Å². The molecule has 1 saturated heterocycles. The monoisotopic (exact) mass is 248 g/mol. The van der Waals surface area contributed by atoms with Gasteiger partial charge in [-0.3, -0.25) is 0 Å². The lowest BCUT2D eigenvalue weighted by molar-refractivity contribution is 0.0701. The second kappa shape index (κ2) is 4.60. The summed E-state index contributed by atoms with van der Waals surface area (Å²) in [6, 6.07) is 0.0189. The predicted octanol–water partition coefficient (Wildman–Crippen LogP) is 0.218. The van der Waals surface area contributed by atoms with Crippen molar-refractivity contribution in [2.24, 2.45) is 0 Å². The van der Waals surface area contributed by atoms with E-state index < -0.39 is 10.2 Å². The Bertz CT molecular complexity index is 338. The Hall–Kier alpha value is -0.170. The van der Waals surface area contributed by atoms with Gasteiger partial charge in [0.2, 0.25) is 0 Å². The Kier molecular flexibility index (Phi) is 3.53. The largest absolute Gasteiger partial charge is 0.393 e. The van der Waals surface area contributed by atoms with Gasteiger partial charge in [-0.15, -0.1) is 0 Å². The summed E-state index contributed by atoms with van der Waals surface area (Å²) >= 11 is 0. The van der Waals surface area contributed by atoms with Crippen LogP contribution < -0.4 is 4.72 Å². The Morgan fingerprint density at radius 1 is 1.31 bits per heavy atom. The van der Waals surface area contributed by atoms with Gasteiger partial charge in [0.25, 0.3) is 10.2 Å². The van der Waals surface area contributed by atoms with Crippen LogP contribution in [0.25, 0.3) is 0 Å². The summed E-state index contributed by atoms with van der Waals surface area (Å²) in [7, 11) is -3.34. The molecule has 1 aliphatic heterocycles. The smallest absolute Gasteiger partial charge is 0.279 e. The fraction of sp³-hybridized carbons (Fsp3) is 1.00. The topological polar surface area (TPSA) is 69.6 Å². The maximum absolute atomic E-state index is 12.0. The van der Waals surface area contributed by atoms with Gasteiger partial charge in [-0.2, -0.15) is 17.4 Å². The van der Waals surface area contributed by atoms with E-state index in [2.05, 4.69) is 4.72 Å². The first-order chi connectivity index (χ1) is 7.49. The molecule has 0 radical (unpaired) electrons. The van der Waals surface area contributed by atoms with E-state index in [0.29, 0.717) is 19.4 Å².